The molecule has 0 spiro atoms. The fraction of sp³-hybridized carbons (Fsp3) is 0.350. The lowest BCUT2D eigenvalue weighted by Crippen LogP contribution is -2.25. The molecule has 9 nitrogen and oxygen atoms in total. The van der Waals surface area contributed by atoms with Crippen LogP contribution in [0.25, 0.3) is 22.6 Å². The van der Waals surface area contributed by atoms with E-state index in [9.17, 15) is 35.3 Å². The van der Waals surface area contributed by atoms with Gasteiger partial charge in [-0.05, 0) is 32.0 Å². The van der Waals surface area contributed by atoms with Crippen molar-refractivity contribution in [3.05, 3.63) is 30.5 Å². The van der Waals surface area contributed by atoms with Crippen molar-refractivity contribution >= 4 is 30.7 Å². The van der Waals surface area contributed by atoms with Crippen molar-refractivity contribution in [3.63, 3.8) is 0 Å². The van der Waals surface area contributed by atoms with E-state index >= 15 is 0 Å². The van der Waals surface area contributed by atoms with Crippen LogP contribution in [0, 0.1) is 11.3 Å². The molecular formula is C20H19F3N4O5S2. The molecule has 0 aliphatic carbocycles. The van der Waals surface area contributed by atoms with E-state index in [0.717, 1.165) is 18.2 Å². The van der Waals surface area contributed by atoms with E-state index in [-0.39, 0.29) is 38.9 Å². The van der Waals surface area contributed by atoms with Crippen molar-refractivity contribution in [2.75, 3.05) is 5.75 Å². The van der Waals surface area contributed by atoms with Gasteiger partial charge in [0.1, 0.15) is 22.4 Å². The average Bonchev–Trinajstić information content (AvgIpc) is 3.08. The summed E-state index contributed by atoms with van der Waals surface area (Å²) in [6.45, 7) is 4.37. The summed E-state index contributed by atoms with van der Waals surface area (Å²) in [5, 5.41) is 9.17. The normalized spacial score (nSPS) is 13.1. The summed E-state index contributed by atoms with van der Waals surface area (Å²) in [5.74, 6) is -0.306. The number of aryl methyl sites for hydroxylation is 1. The zero-order valence-corrected chi connectivity index (χ0v) is 20.0. The quantitative estimate of drug-likeness (QED) is 0.487. The van der Waals surface area contributed by atoms with E-state index in [4.69, 9.17) is 4.74 Å². The SMILES string of the molecule is CCS(=O)(=O)c1cc(OC(C)(C)C#N)cnc1-c1nc2cc(S(=O)(=O)C(F)(F)F)ccc2n1C. The molecule has 0 radical (unpaired) electrons. The third-order valence-electron chi connectivity index (χ3n) is 4.86. The number of rotatable bonds is 6. The number of pyridine rings is 1. The van der Waals surface area contributed by atoms with Crippen molar-refractivity contribution < 1.29 is 34.7 Å². The third kappa shape index (κ3) is 4.45. The summed E-state index contributed by atoms with van der Waals surface area (Å²) in [5.41, 5.74) is -6.72. The first-order valence-corrected chi connectivity index (χ1v) is 12.8. The van der Waals surface area contributed by atoms with Gasteiger partial charge in [0.05, 0.1) is 27.9 Å². The maximum absolute atomic E-state index is 13.0. The molecule has 1 aromatic carbocycles. The number of halogens is 3. The molecule has 0 saturated carbocycles. The van der Waals surface area contributed by atoms with Gasteiger partial charge in [0.2, 0.25) is 0 Å². The molecule has 2 aromatic heterocycles. The van der Waals surface area contributed by atoms with Crippen molar-refractivity contribution in [1.29, 1.82) is 5.26 Å². The smallest absolute Gasteiger partial charge is 0.471 e. The van der Waals surface area contributed by atoms with E-state index in [0.29, 0.717) is 0 Å². The highest BCUT2D eigenvalue weighted by molar-refractivity contribution is 7.92. The predicted molar refractivity (Wildman–Crippen MR) is 115 cm³/mol. The second kappa shape index (κ2) is 8.24. The molecule has 14 heteroatoms. The van der Waals surface area contributed by atoms with Crippen LogP contribution in [0.3, 0.4) is 0 Å². The Balaban J connectivity index is 2.24. The number of alkyl halides is 3. The average molecular weight is 517 g/mol. The Hall–Kier alpha value is -3.18. The van der Waals surface area contributed by atoms with Crippen LogP contribution < -0.4 is 4.74 Å². The standard InChI is InChI=1S/C20H19F3N4O5S2/c1-5-33(28,29)16-8-12(32-19(2,3)11-24)10-25-17(16)18-26-14-9-13(6-7-15(14)27(18)4)34(30,31)20(21,22)23/h6-10H,5H2,1-4H3. The van der Waals surface area contributed by atoms with Crippen LogP contribution in [0.15, 0.2) is 40.3 Å². The van der Waals surface area contributed by atoms with Gasteiger partial charge >= 0.3 is 5.51 Å². The molecule has 182 valence electrons. The third-order valence-corrected chi connectivity index (χ3v) is 8.09. The molecule has 0 bridgehead atoms. The van der Waals surface area contributed by atoms with Gasteiger partial charge in [-0.1, -0.05) is 6.92 Å². The Bertz CT molecular complexity index is 1540. The van der Waals surface area contributed by atoms with Crippen molar-refractivity contribution in [2.45, 2.75) is 41.7 Å². The number of hydrogen-bond donors (Lipinski definition) is 0. The highest BCUT2D eigenvalue weighted by Gasteiger charge is 2.47. The number of nitriles is 1. The van der Waals surface area contributed by atoms with Crippen LogP contribution in [-0.4, -0.2) is 48.2 Å². The van der Waals surface area contributed by atoms with E-state index in [1.165, 1.54) is 44.6 Å². The van der Waals surface area contributed by atoms with Crippen LogP contribution in [0.1, 0.15) is 20.8 Å². The highest BCUT2D eigenvalue weighted by Crippen LogP contribution is 2.34. The molecule has 3 aromatic rings. The van der Waals surface area contributed by atoms with Gasteiger partial charge in [-0.2, -0.15) is 18.4 Å². The molecular weight excluding hydrogens is 497 g/mol. The molecule has 0 N–H and O–H groups in total. The molecule has 0 aliphatic heterocycles. The number of nitrogens with zero attached hydrogens (tertiary/aromatic N) is 4. The van der Waals surface area contributed by atoms with Crippen LogP contribution in [0.5, 0.6) is 5.75 Å². The van der Waals surface area contributed by atoms with E-state index in [2.05, 4.69) is 9.97 Å². The number of fused-ring (bicyclic) bond motifs is 1. The molecule has 0 fully saturated rings. The van der Waals surface area contributed by atoms with Crippen molar-refractivity contribution in [1.82, 2.24) is 14.5 Å². The summed E-state index contributed by atoms with van der Waals surface area (Å²) in [6, 6.07) is 5.82. The molecule has 0 amide bonds. The lowest BCUT2D eigenvalue weighted by molar-refractivity contribution is -0.0435. The Morgan fingerprint density at radius 2 is 1.79 bits per heavy atom. The van der Waals surface area contributed by atoms with Gasteiger partial charge in [0.15, 0.2) is 21.3 Å². The van der Waals surface area contributed by atoms with Gasteiger partial charge in [-0.25, -0.2) is 26.8 Å². The minimum atomic E-state index is -5.60. The fourth-order valence-corrected chi connectivity index (χ4v) is 4.88. The molecule has 34 heavy (non-hydrogen) atoms. The number of ether oxygens (including phenoxy) is 1. The number of imidazole rings is 1. The second-order valence-corrected chi connectivity index (χ2v) is 11.9. The summed E-state index contributed by atoms with van der Waals surface area (Å²) >= 11 is 0. The summed E-state index contributed by atoms with van der Waals surface area (Å²) in [7, 11) is -8.01. The number of aromatic nitrogens is 3. The summed E-state index contributed by atoms with van der Waals surface area (Å²) in [6.07, 6.45) is 1.20. The van der Waals surface area contributed by atoms with Crippen LogP contribution >= 0.6 is 0 Å². The molecule has 0 saturated heterocycles. The molecule has 0 atom stereocenters. The van der Waals surface area contributed by atoms with Crippen molar-refractivity contribution in [3.8, 4) is 23.3 Å². The number of benzene rings is 1. The largest absolute Gasteiger partial charge is 0.501 e. The zero-order valence-electron chi connectivity index (χ0n) is 18.4. The number of hydrogen-bond acceptors (Lipinski definition) is 8. The first kappa shape index (κ1) is 25.4. The highest BCUT2D eigenvalue weighted by atomic mass is 32.2. The van der Waals surface area contributed by atoms with E-state index in [1.807, 2.05) is 6.07 Å². The minimum absolute atomic E-state index is 0.0136. The van der Waals surface area contributed by atoms with Gasteiger partial charge in [-0.3, -0.25) is 0 Å². The van der Waals surface area contributed by atoms with Gasteiger partial charge in [0.25, 0.3) is 9.84 Å². The lowest BCUT2D eigenvalue weighted by atomic mass is 10.2. The Labute approximate surface area is 193 Å². The first-order chi connectivity index (χ1) is 15.5. The molecule has 2 heterocycles. The topological polar surface area (TPSA) is 132 Å². The zero-order chi connectivity index (χ0) is 25.7. The summed E-state index contributed by atoms with van der Waals surface area (Å²) in [4.78, 5) is 7.08. The van der Waals surface area contributed by atoms with Gasteiger partial charge in [-0.15, -0.1) is 0 Å². The summed E-state index contributed by atoms with van der Waals surface area (Å²) < 4.78 is 94.9. The Morgan fingerprint density at radius 1 is 1.15 bits per heavy atom. The molecule has 3 rings (SSSR count). The Morgan fingerprint density at radius 3 is 2.35 bits per heavy atom. The predicted octanol–water partition coefficient (Wildman–Crippen LogP) is 3.40. The fourth-order valence-electron chi connectivity index (χ4n) is 3.05. The van der Waals surface area contributed by atoms with Crippen LogP contribution in [0.4, 0.5) is 13.2 Å². The van der Waals surface area contributed by atoms with Gasteiger partial charge in [0, 0.05) is 13.1 Å². The molecule has 0 unspecified atom stereocenters. The number of sulfone groups is 2. The van der Waals surface area contributed by atoms with E-state index in [1.54, 1.807) is 0 Å². The van der Waals surface area contributed by atoms with E-state index < -0.39 is 35.7 Å². The van der Waals surface area contributed by atoms with Crippen molar-refractivity contribution in [2.24, 2.45) is 7.05 Å². The minimum Gasteiger partial charge on any atom is -0.471 e. The first-order valence-electron chi connectivity index (χ1n) is 9.65. The monoisotopic (exact) mass is 516 g/mol. The Kier molecular flexibility index (Phi) is 6.17. The molecule has 0 aliphatic rings. The maximum atomic E-state index is 13.0. The van der Waals surface area contributed by atoms with Crippen LogP contribution in [-0.2, 0) is 26.7 Å². The second-order valence-electron chi connectivity index (χ2n) is 7.74. The lowest BCUT2D eigenvalue weighted by Gasteiger charge is -2.19. The van der Waals surface area contributed by atoms with Gasteiger partial charge < -0.3 is 9.30 Å². The maximum Gasteiger partial charge on any atom is 0.501 e. The van der Waals surface area contributed by atoms with Crippen LogP contribution in [0.2, 0.25) is 0 Å².